The molecule has 0 radical (unpaired) electrons. The van der Waals surface area contributed by atoms with E-state index in [1.165, 1.54) is 11.8 Å². The van der Waals surface area contributed by atoms with Crippen molar-refractivity contribution in [1.29, 1.82) is 0 Å². The lowest BCUT2D eigenvalue weighted by atomic mass is 9.95. The molecule has 1 amide bonds. The number of hydrogen-bond acceptors (Lipinski definition) is 4. The first-order valence-electron chi connectivity index (χ1n) is 9.79. The van der Waals surface area contributed by atoms with Crippen molar-refractivity contribution in [3.63, 3.8) is 0 Å². The molecule has 1 saturated heterocycles. The summed E-state index contributed by atoms with van der Waals surface area (Å²) in [5, 5.41) is 3.82. The summed E-state index contributed by atoms with van der Waals surface area (Å²) in [4.78, 5) is 15.3. The zero-order valence-electron chi connectivity index (χ0n) is 16.8. The molecule has 29 heavy (non-hydrogen) atoms. The molecule has 1 aliphatic rings. The molecule has 3 rings (SSSR count). The van der Waals surface area contributed by atoms with Gasteiger partial charge in [-0.1, -0.05) is 35.9 Å². The Bertz CT molecular complexity index is 952. The normalized spacial score (nSPS) is 17.1. The highest BCUT2D eigenvalue weighted by atomic mass is 35.5. The molecular formula is C22H27ClN2O3S. The molecule has 7 heteroatoms. The molecule has 1 fully saturated rings. The van der Waals surface area contributed by atoms with Crippen molar-refractivity contribution < 1.29 is 13.2 Å². The van der Waals surface area contributed by atoms with E-state index in [0.717, 1.165) is 43.1 Å². The maximum Gasteiger partial charge on any atom is 0.223 e. The molecule has 1 aliphatic heterocycles. The van der Waals surface area contributed by atoms with Gasteiger partial charge in [0.05, 0.1) is 10.9 Å². The van der Waals surface area contributed by atoms with Crippen LogP contribution in [0.1, 0.15) is 36.9 Å². The molecule has 1 N–H and O–H groups in total. The van der Waals surface area contributed by atoms with Gasteiger partial charge in [0.2, 0.25) is 5.91 Å². The molecular weight excluding hydrogens is 408 g/mol. The number of hydrogen-bond donors (Lipinski definition) is 1. The van der Waals surface area contributed by atoms with Gasteiger partial charge in [0, 0.05) is 23.7 Å². The Morgan fingerprint density at radius 3 is 2.41 bits per heavy atom. The Kier molecular flexibility index (Phi) is 6.98. The fourth-order valence-electron chi connectivity index (χ4n) is 3.67. The summed E-state index contributed by atoms with van der Waals surface area (Å²) >= 11 is 6.06. The highest BCUT2D eigenvalue weighted by Crippen LogP contribution is 2.22. The maximum absolute atomic E-state index is 12.7. The van der Waals surface area contributed by atoms with E-state index in [2.05, 4.69) is 16.3 Å². The summed E-state index contributed by atoms with van der Waals surface area (Å²) in [5.41, 5.74) is 2.08. The summed E-state index contributed by atoms with van der Waals surface area (Å²) in [6, 6.07) is 14.4. The predicted molar refractivity (Wildman–Crippen MR) is 116 cm³/mol. The molecule has 0 spiro atoms. The lowest BCUT2D eigenvalue weighted by Gasteiger charge is -2.32. The van der Waals surface area contributed by atoms with Crippen LogP contribution < -0.4 is 5.32 Å². The van der Waals surface area contributed by atoms with Crippen molar-refractivity contribution in [2.75, 3.05) is 19.3 Å². The third-order valence-electron chi connectivity index (χ3n) is 5.42. The fraction of sp³-hybridized carbons (Fsp3) is 0.409. The first-order valence-corrected chi connectivity index (χ1v) is 12.1. The minimum absolute atomic E-state index is 0.00311. The lowest BCUT2D eigenvalue weighted by molar-refractivity contribution is -0.127. The summed E-state index contributed by atoms with van der Waals surface area (Å²) in [6.45, 7) is 4.52. The Balaban J connectivity index is 1.50. The molecule has 5 nitrogen and oxygen atoms in total. The lowest BCUT2D eigenvalue weighted by Crippen LogP contribution is -2.40. The van der Waals surface area contributed by atoms with E-state index in [-0.39, 0.29) is 22.8 Å². The van der Waals surface area contributed by atoms with Crippen molar-refractivity contribution in [3.8, 4) is 0 Å². The minimum Gasteiger partial charge on any atom is -0.349 e. The Hall–Kier alpha value is -1.89. The van der Waals surface area contributed by atoms with Crippen molar-refractivity contribution in [3.05, 3.63) is 64.7 Å². The summed E-state index contributed by atoms with van der Waals surface area (Å²) < 4.78 is 23.2. The molecule has 2 aromatic rings. The number of nitrogens with one attached hydrogen (secondary N) is 1. The molecule has 0 saturated carbocycles. The van der Waals surface area contributed by atoms with Gasteiger partial charge in [-0.25, -0.2) is 8.42 Å². The number of rotatable bonds is 6. The van der Waals surface area contributed by atoms with Crippen LogP contribution in [-0.4, -0.2) is 38.6 Å². The average Bonchev–Trinajstić information content (AvgIpc) is 2.68. The van der Waals surface area contributed by atoms with E-state index in [1.54, 1.807) is 24.3 Å². The van der Waals surface area contributed by atoms with Crippen LogP contribution in [0.5, 0.6) is 0 Å². The van der Waals surface area contributed by atoms with E-state index < -0.39 is 9.84 Å². The number of amides is 1. The molecule has 1 unspecified atom stereocenters. The van der Waals surface area contributed by atoms with E-state index >= 15 is 0 Å². The number of benzene rings is 2. The van der Waals surface area contributed by atoms with Crippen molar-refractivity contribution in [2.45, 2.75) is 37.2 Å². The van der Waals surface area contributed by atoms with Crippen molar-refractivity contribution in [2.24, 2.45) is 5.92 Å². The maximum atomic E-state index is 12.7. The van der Waals surface area contributed by atoms with E-state index in [0.29, 0.717) is 0 Å². The van der Waals surface area contributed by atoms with Crippen molar-refractivity contribution in [1.82, 2.24) is 10.2 Å². The third kappa shape index (κ3) is 6.04. The average molecular weight is 435 g/mol. The predicted octanol–water partition coefficient (Wildman–Crippen LogP) is 3.83. The molecule has 1 atom stereocenters. The van der Waals surface area contributed by atoms with Crippen LogP contribution in [-0.2, 0) is 21.2 Å². The zero-order valence-corrected chi connectivity index (χ0v) is 18.3. The van der Waals surface area contributed by atoms with Gasteiger partial charge >= 0.3 is 0 Å². The van der Waals surface area contributed by atoms with Gasteiger partial charge in [-0.3, -0.25) is 9.69 Å². The molecule has 0 aromatic heterocycles. The van der Waals surface area contributed by atoms with Crippen LogP contribution in [0.2, 0.25) is 5.02 Å². The molecule has 156 valence electrons. The quantitative estimate of drug-likeness (QED) is 0.750. The summed E-state index contributed by atoms with van der Waals surface area (Å²) in [7, 11) is -3.22. The number of carbonyl (C=O) groups is 1. The monoisotopic (exact) mass is 434 g/mol. The second-order valence-corrected chi connectivity index (χ2v) is 10.2. The van der Waals surface area contributed by atoms with Gasteiger partial charge in [0.15, 0.2) is 9.84 Å². The second-order valence-electron chi connectivity index (χ2n) is 7.75. The van der Waals surface area contributed by atoms with Gasteiger partial charge in [0.1, 0.15) is 0 Å². The van der Waals surface area contributed by atoms with Crippen LogP contribution in [0.15, 0.2) is 53.4 Å². The minimum atomic E-state index is -3.22. The van der Waals surface area contributed by atoms with Crippen LogP contribution in [0.4, 0.5) is 0 Å². The highest BCUT2D eigenvalue weighted by Gasteiger charge is 2.26. The Morgan fingerprint density at radius 2 is 1.83 bits per heavy atom. The molecule has 1 heterocycles. The van der Waals surface area contributed by atoms with Gasteiger partial charge in [0.25, 0.3) is 0 Å². The van der Waals surface area contributed by atoms with E-state index in [9.17, 15) is 13.2 Å². The van der Waals surface area contributed by atoms with Crippen LogP contribution in [0.25, 0.3) is 0 Å². The number of carbonyl (C=O) groups excluding carboxylic acids is 1. The van der Waals surface area contributed by atoms with Gasteiger partial charge in [-0.15, -0.1) is 0 Å². The molecule has 0 aliphatic carbocycles. The highest BCUT2D eigenvalue weighted by molar-refractivity contribution is 7.90. The van der Waals surface area contributed by atoms with Crippen LogP contribution in [0.3, 0.4) is 0 Å². The number of piperidine rings is 1. The largest absolute Gasteiger partial charge is 0.349 e. The smallest absolute Gasteiger partial charge is 0.223 e. The number of likely N-dealkylation sites (tertiary alicyclic amines) is 1. The molecule has 2 aromatic carbocycles. The van der Waals surface area contributed by atoms with Crippen LogP contribution >= 0.6 is 11.6 Å². The zero-order chi connectivity index (χ0) is 21.0. The van der Waals surface area contributed by atoms with E-state index in [4.69, 9.17) is 11.6 Å². The third-order valence-corrected chi connectivity index (χ3v) is 6.78. The number of nitrogens with zero attached hydrogens (tertiary/aromatic N) is 1. The van der Waals surface area contributed by atoms with Crippen molar-refractivity contribution >= 4 is 27.3 Å². The molecule has 0 bridgehead atoms. The summed E-state index contributed by atoms with van der Waals surface area (Å²) in [6.07, 6.45) is 2.84. The van der Waals surface area contributed by atoms with Gasteiger partial charge in [-0.05, 0) is 68.2 Å². The summed E-state index contributed by atoms with van der Waals surface area (Å²) in [5.74, 6) is 0.0652. The standard InChI is InChI=1S/C22H27ClN2O3S/c1-16(18-6-8-21(9-7-18)29(2,27)28)24-22(26)19-10-12-25(13-11-19)15-17-4-3-5-20(23)14-17/h3-9,14,16,19H,10-13,15H2,1-2H3,(H,24,26). The van der Waals surface area contributed by atoms with Crippen LogP contribution in [0, 0.1) is 5.92 Å². The Labute approximate surface area is 178 Å². The topological polar surface area (TPSA) is 66.5 Å². The fourth-order valence-corrected chi connectivity index (χ4v) is 4.51. The number of halogens is 1. The first-order chi connectivity index (χ1) is 13.7. The number of sulfone groups is 1. The SMILES string of the molecule is CC(NC(=O)C1CCN(Cc2cccc(Cl)c2)CC1)c1ccc(S(C)(=O)=O)cc1. The second kappa shape index (κ2) is 9.28. The van der Waals surface area contributed by atoms with Gasteiger partial charge < -0.3 is 5.32 Å². The Morgan fingerprint density at radius 1 is 1.17 bits per heavy atom. The van der Waals surface area contributed by atoms with E-state index in [1.807, 2.05) is 25.1 Å². The van der Waals surface area contributed by atoms with Gasteiger partial charge in [-0.2, -0.15) is 0 Å². The first kappa shape index (κ1) is 21.8.